The molecule has 26 heavy (non-hydrogen) atoms. The maximum atomic E-state index is 12.0. The van der Waals surface area contributed by atoms with E-state index in [2.05, 4.69) is 16.2 Å². The van der Waals surface area contributed by atoms with E-state index in [0.29, 0.717) is 17.1 Å². The second kappa shape index (κ2) is 9.38. The number of ether oxygens (including phenoxy) is 2. The first-order valence-corrected chi connectivity index (χ1v) is 8.12. The van der Waals surface area contributed by atoms with E-state index < -0.39 is 5.91 Å². The van der Waals surface area contributed by atoms with E-state index in [0.717, 1.165) is 5.56 Å². The molecule has 0 aliphatic heterocycles. The van der Waals surface area contributed by atoms with Crippen molar-refractivity contribution in [2.24, 2.45) is 0 Å². The van der Waals surface area contributed by atoms with Crippen molar-refractivity contribution >= 4 is 29.1 Å². The summed E-state index contributed by atoms with van der Waals surface area (Å²) in [6.45, 7) is 1.67. The summed E-state index contributed by atoms with van der Waals surface area (Å²) in [4.78, 5) is 23.8. The van der Waals surface area contributed by atoms with Crippen molar-refractivity contribution in [3.8, 4) is 11.5 Å². The lowest BCUT2D eigenvalue weighted by atomic mass is 10.1. The number of hydrogen-bond acceptors (Lipinski definition) is 5. The van der Waals surface area contributed by atoms with Gasteiger partial charge in [-0.3, -0.25) is 25.8 Å². The molecular formula is C18H19N3O4S. The predicted octanol–water partition coefficient (Wildman–Crippen LogP) is 1.72. The molecule has 0 fully saturated rings. The smallest absolute Gasteiger partial charge is 0.276 e. The Balaban J connectivity index is 1.72. The summed E-state index contributed by atoms with van der Waals surface area (Å²) in [6.07, 6.45) is 0. The Kier molecular flexibility index (Phi) is 6.92. The van der Waals surface area contributed by atoms with Gasteiger partial charge in [0.2, 0.25) is 0 Å². The molecule has 0 atom stereocenters. The Hall–Kier alpha value is -3.13. The van der Waals surface area contributed by atoms with E-state index in [-0.39, 0.29) is 17.6 Å². The average molecular weight is 373 g/mol. The Morgan fingerprint density at radius 3 is 2.38 bits per heavy atom. The fourth-order valence-electron chi connectivity index (χ4n) is 1.98. The monoisotopic (exact) mass is 373 g/mol. The number of nitrogens with one attached hydrogen (secondary N) is 3. The molecule has 0 spiro atoms. The van der Waals surface area contributed by atoms with Gasteiger partial charge in [-0.25, -0.2) is 0 Å². The molecule has 0 heterocycles. The van der Waals surface area contributed by atoms with Gasteiger partial charge in [0, 0.05) is 5.56 Å². The molecular weight excluding hydrogens is 354 g/mol. The highest BCUT2D eigenvalue weighted by Crippen LogP contribution is 2.16. The number of carbonyl (C=O) groups is 2. The highest BCUT2D eigenvalue weighted by molar-refractivity contribution is 7.80. The van der Waals surface area contributed by atoms with Gasteiger partial charge in [-0.15, -0.1) is 0 Å². The van der Waals surface area contributed by atoms with Crippen LogP contribution < -0.4 is 25.6 Å². The molecule has 7 nitrogen and oxygen atoms in total. The molecule has 0 bridgehead atoms. The SMILES string of the molecule is COc1ccc(OCC(=O)NNC(=S)NC(=O)c2cccc(C)c2)cc1. The number of amides is 2. The molecule has 0 saturated carbocycles. The third-order valence-corrected chi connectivity index (χ3v) is 3.46. The van der Waals surface area contributed by atoms with Gasteiger partial charge in [-0.1, -0.05) is 17.7 Å². The minimum absolute atomic E-state index is 0.0192. The zero-order chi connectivity index (χ0) is 18.9. The first-order chi connectivity index (χ1) is 12.5. The van der Waals surface area contributed by atoms with Crippen LogP contribution in [0.15, 0.2) is 48.5 Å². The second-order valence-electron chi connectivity index (χ2n) is 5.29. The lowest BCUT2D eigenvalue weighted by Gasteiger charge is -2.11. The molecule has 2 aromatic carbocycles. The van der Waals surface area contributed by atoms with Crippen molar-refractivity contribution in [3.63, 3.8) is 0 Å². The van der Waals surface area contributed by atoms with Crippen LogP contribution in [0.25, 0.3) is 0 Å². The van der Waals surface area contributed by atoms with Crippen LogP contribution in [0.3, 0.4) is 0 Å². The number of thiocarbonyl (C=S) groups is 1. The standard InChI is InChI=1S/C18H19N3O4S/c1-12-4-3-5-13(10-12)17(23)19-18(26)21-20-16(22)11-25-15-8-6-14(24-2)7-9-15/h3-10H,11H2,1-2H3,(H,20,22)(H2,19,21,23,26). The number of hydrazine groups is 1. The molecule has 0 aliphatic carbocycles. The molecule has 0 aliphatic rings. The van der Waals surface area contributed by atoms with Crippen LogP contribution in [-0.4, -0.2) is 30.6 Å². The molecule has 0 aromatic heterocycles. The third-order valence-electron chi connectivity index (χ3n) is 3.25. The maximum absolute atomic E-state index is 12.0. The van der Waals surface area contributed by atoms with Gasteiger partial charge in [0.1, 0.15) is 11.5 Å². The van der Waals surface area contributed by atoms with Crippen LogP contribution in [0.1, 0.15) is 15.9 Å². The van der Waals surface area contributed by atoms with E-state index in [1.807, 2.05) is 13.0 Å². The topological polar surface area (TPSA) is 88.7 Å². The molecule has 136 valence electrons. The molecule has 0 radical (unpaired) electrons. The first kappa shape index (κ1) is 19.2. The van der Waals surface area contributed by atoms with Crippen LogP contribution in [0.2, 0.25) is 0 Å². The van der Waals surface area contributed by atoms with Gasteiger partial charge < -0.3 is 9.47 Å². The summed E-state index contributed by atoms with van der Waals surface area (Å²) in [5.41, 5.74) is 6.24. The number of carbonyl (C=O) groups excluding carboxylic acids is 2. The van der Waals surface area contributed by atoms with E-state index in [9.17, 15) is 9.59 Å². The number of hydrogen-bond donors (Lipinski definition) is 3. The number of methoxy groups -OCH3 is 1. The minimum atomic E-state index is -0.451. The highest BCUT2D eigenvalue weighted by atomic mass is 32.1. The first-order valence-electron chi connectivity index (χ1n) is 7.71. The van der Waals surface area contributed by atoms with Crippen molar-refractivity contribution < 1.29 is 19.1 Å². The highest BCUT2D eigenvalue weighted by Gasteiger charge is 2.09. The van der Waals surface area contributed by atoms with Crippen LogP contribution in [0.4, 0.5) is 0 Å². The normalized spacial score (nSPS) is 9.77. The Labute approximate surface area is 156 Å². The fraction of sp³-hybridized carbons (Fsp3) is 0.167. The second-order valence-corrected chi connectivity index (χ2v) is 5.70. The zero-order valence-electron chi connectivity index (χ0n) is 14.4. The summed E-state index contributed by atoms with van der Waals surface area (Å²) in [6, 6.07) is 13.9. The van der Waals surface area contributed by atoms with E-state index in [1.54, 1.807) is 49.6 Å². The number of aryl methyl sites for hydroxylation is 1. The molecule has 8 heteroatoms. The average Bonchev–Trinajstić information content (AvgIpc) is 2.65. The fourth-order valence-corrected chi connectivity index (χ4v) is 2.12. The van der Waals surface area contributed by atoms with E-state index >= 15 is 0 Å². The predicted molar refractivity (Wildman–Crippen MR) is 101 cm³/mol. The number of benzene rings is 2. The zero-order valence-corrected chi connectivity index (χ0v) is 15.2. The largest absolute Gasteiger partial charge is 0.497 e. The van der Waals surface area contributed by atoms with Crippen LogP contribution in [0, 0.1) is 6.92 Å². The quantitative estimate of drug-likeness (QED) is 0.546. The van der Waals surface area contributed by atoms with Gasteiger partial charge in [0.05, 0.1) is 7.11 Å². The minimum Gasteiger partial charge on any atom is -0.497 e. The Morgan fingerprint density at radius 2 is 1.73 bits per heavy atom. The van der Waals surface area contributed by atoms with Crippen LogP contribution in [0.5, 0.6) is 11.5 Å². The van der Waals surface area contributed by atoms with Gasteiger partial charge in [-0.2, -0.15) is 0 Å². The maximum Gasteiger partial charge on any atom is 0.276 e. The van der Waals surface area contributed by atoms with Gasteiger partial charge >= 0.3 is 0 Å². The Bertz CT molecular complexity index is 793. The van der Waals surface area contributed by atoms with Gasteiger partial charge in [0.15, 0.2) is 11.7 Å². The molecule has 2 amide bonds. The summed E-state index contributed by atoms with van der Waals surface area (Å²) >= 11 is 4.97. The van der Waals surface area contributed by atoms with Gasteiger partial charge in [-0.05, 0) is 55.5 Å². The summed E-state index contributed by atoms with van der Waals surface area (Å²) in [7, 11) is 1.57. The summed E-state index contributed by atoms with van der Waals surface area (Å²) < 4.78 is 10.4. The van der Waals surface area contributed by atoms with Gasteiger partial charge in [0.25, 0.3) is 11.8 Å². The Morgan fingerprint density at radius 1 is 1.04 bits per heavy atom. The van der Waals surface area contributed by atoms with Crippen molar-refractivity contribution in [2.45, 2.75) is 6.92 Å². The summed E-state index contributed by atoms with van der Waals surface area (Å²) in [5.74, 6) is 0.400. The number of rotatable bonds is 5. The summed E-state index contributed by atoms with van der Waals surface area (Å²) in [5, 5.41) is 2.46. The molecule has 3 N–H and O–H groups in total. The molecule has 0 unspecified atom stereocenters. The lowest BCUT2D eigenvalue weighted by Crippen LogP contribution is -2.49. The molecule has 2 aromatic rings. The van der Waals surface area contributed by atoms with E-state index in [1.165, 1.54) is 0 Å². The van der Waals surface area contributed by atoms with Crippen molar-refractivity contribution in [2.75, 3.05) is 13.7 Å². The lowest BCUT2D eigenvalue weighted by molar-refractivity contribution is -0.123. The van der Waals surface area contributed by atoms with Crippen molar-refractivity contribution in [3.05, 3.63) is 59.7 Å². The molecule has 2 rings (SSSR count). The van der Waals surface area contributed by atoms with Crippen LogP contribution >= 0.6 is 12.2 Å². The van der Waals surface area contributed by atoms with E-state index in [4.69, 9.17) is 21.7 Å². The van der Waals surface area contributed by atoms with Crippen molar-refractivity contribution in [1.82, 2.24) is 16.2 Å². The third kappa shape index (κ3) is 6.06. The van der Waals surface area contributed by atoms with Crippen molar-refractivity contribution in [1.29, 1.82) is 0 Å². The molecule has 0 saturated heterocycles. The van der Waals surface area contributed by atoms with Crippen LogP contribution in [-0.2, 0) is 4.79 Å².